The molecule has 0 bridgehead atoms. The predicted octanol–water partition coefficient (Wildman–Crippen LogP) is 3.70. The largest absolute Gasteiger partial charge is 0.462 e. The van der Waals surface area contributed by atoms with Crippen molar-refractivity contribution in [3.05, 3.63) is 51.4 Å². The lowest BCUT2D eigenvalue weighted by Gasteiger charge is -2.32. The number of nitrogens with one attached hydrogen (secondary N) is 1. The first-order valence-electron chi connectivity index (χ1n) is 9.78. The fourth-order valence-corrected chi connectivity index (χ4v) is 5.79. The number of hydrogen-bond acceptors (Lipinski definition) is 7. The minimum Gasteiger partial charge on any atom is -0.462 e. The van der Waals surface area contributed by atoms with Crippen LogP contribution in [0, 0.1) is 0 Å². The molecule has 2 aromatic rings. The lowest BCUT2D eigenvalue weighted by atomic mass is 9.69. The first-order valence-corrected chi connectivity index (χ1v) is 10.6. The summed E-state index contributed by atoms with van der Waals surface area (Å²) in [6.07, 6.45) is 1.52. The van der Waals surface area contributed by atoms with Crippen molar-refractivity contribution in [3.8, 4) is 0 Å². The maximum absolute atomic E-state index is 13.8. The number of ketones is 1. The van der Waals surface area contributed by atoms with Crippen LogP contribution in [0.25, 0.3) is 0 Å². The molecule has 1 amide bonds. The summed E-state index contributed by atoms with van der Waals surface area (Å²) in [5.41, 5.74) is 2.81. The highest BCUT2D eigenvalue weighted by atomic mass is 32.1. The van der Waals surface area contributed by atoms with E-state index in [9.17, 15) is 14.4 Å². The summed E-state index contributed by atoms with van der Waals surface area (Å²) < 4.78 is 5.20. The van der Waals surface area contributed by atoms with Crippen LogP contribution in [0.4, 0.5) is 5.00 Å². The molecule has 0 fully saturated rings. The zero-order valence-corrected chi connectivity index (χ0v) is 17.9. The second-order valence-corrected chi connectivity index (χ2v) is 8.39. The van der Waals surface area contributed by atoms with Gasteiger partial charge < -0.3 is 14.9 Å². The molecule has 0 aliphatic heterocycles. The minimum absolute atomic E-state index is 0.0512. The van der Waals surface area contributed by atoms with Gasteiger partial charge in [0.15, 0.2) is 5.78 Å². The molecule has 1 spiro atoms. The van der Waals surface area contributed by atoms with E-state index < -0.39 is 11.4 Å². The zero-order valence-electron chi connectivity index (χ0n) is 17.0. The third kappa shape index (κ3) is 3.02. The van der Waals surface area contributed by atoms with Crippen LogP contribution in [0.5, 0.6) is 0 Å². The molecule has 8 heteroatoms. The molecular formula is C22H22N2O5S. The summed E-state index contributed by atoms with van der Waals surface area (Å²) in [4.78, 5) is 43.7. The van der Waals surface area contributed by atoms with Gasteiger partial charge in [-0.25, -0.2) is 4.79 Å². The van der Waals surface area contributed by atoms with Crippen LogP contribution >= 0.6 is 11.3 Å². The average Bonchev–Trinajstić information content (AvgIpc) is 3.22. The Kier molecular flexibility index (Phi) is 5.19. The second-order valence-electron chi connectivity index (χ2n) is 7.37. The van der Waals surface area contributed by atoms with Crippen molar-refractivity contribution in [2.75, 3.05) is 19.0 Å². The number of anilines is 1. The third-order valence-corrected chi connectivity index (χ3v) is 6.79. The summed E-state index contributed by atoms with van der Waals surface area (Å²) in [6, 6.07) is 7.75. The number of ether oxygens (including phenoxy) is 1. The molecule has 2 aliphatic carbocycles. The molecule has 0 radical (unpaired) electrons. The van der Waals surface area contributed by atoms with Crippen molar-refractivity contribution in [2.24, 2.45) is 5.16 Å². The van der Waals surface area contributed by atoms with Gasteiger partial charge in [-0.3, -0.25) is 9.59 Å². The average molecular weight is 426 g/mol. The Labute approximate surface area is 178 Å². The quantitative estimate of drug-likeness (QED) is 0.594. The van der Waals surface area contributed by atoms with E-state index in [4.69, 9.17) is 9.57 Å². The number of hydrogen-bond donors (Lipinski definition) is 1. The maximum atomic E-state index is 13.8. The molecule has 1 N–H and O–H groups in total. The molecule has 1 aromatic carbocycles. The molecule has 0 saturated heterocycles. The van der Waals surface area contributed by atoms with E-state index in [2.05, 4.69) is 10.5 Å². The SMILES string of the molecule is CCOC(=O)c1c(NC(C)=O)sc2c1CCC1(CC(=NOC)c3ccccc31)C2=O. The third-order valence-electron chi connectivity index (χ3n) is 5.64. The molecular weight excluding hydrogens is 404 g/mol. The van der Waals surface area contributed by atoms with E-state index in [1.54, 1.807) is 6.92 Å². The normalized spacial score (nSPS) is 20.8. The van der Waals surface area contributed by atoms with Crippen LogP contribution in [0.15, 0.2) is 29.4 Å². The summed E-state index contributed by atoms with van der Waals surface area (Å²) >= 11 is 1.15. The van der Waals surface area contributed by atoms with Crippen molar-refractivity contribution < 1.29 is 24.0 Å². The number of thiophene rings is 1. The van der Waals surface area contributed by atoms with Gasteiger partial charge >= 0.3 is 5.97 Å². The topological polar surface area (TPSA) is 94.1 Å². The Morgan fingerprint density at radius 1 is 1.30 bits per heavy atom. The van der Waals surface area contributed by atoms with E-state index in [1.165, 1.54) is 14.0 Å². The van der Waals surface area contributed by atoms with Crippen molar-refractivity contribution in [1.82, 2.24) is 0 Å². The van der Waals surface area contributed by atoms with Crippen LogP contribution in [-0.2, 0) is 26.2 Å². The number of fused-ring (bicyclic) bond motifs is 3. The van der Waals surface area contributed by atoms with Crippen LogP contribution < -0.4 is 5.32 Å². The summed E-state index contributed by atoms with van der Waals surface area (Å²) in [5.74, 6) is -0.873. The Balaban J connectivity index is 1.85. The number of nitrogens with zero attached hydrogens (tertiary/aromatic N) is 1. The molecule has 2 aliphatic rings. The standard InChI is InChI=1S/C22H22N2O5S/c1-4-29-21(27)17-14-9-10-22(19(26)18(14)30-20(17)23-12(2)25)11-16(24-28-3)13-7-5-6-8-15(13)22/h5-8H,4,9-11H2,1-3H3,(H,23,25). The molecule has 1 aromatic heterocycles. The Bertz CT molecular complexity index is 1090. The molecule has 156 valence electrons. The predicted molar refractivity (Wildman–Crippen MR) is 114 cm³/mol. The molecule has 1 atom stereocenters. The van der Waals surface area contributed by atoms with Crippen molar-refractivity contribution >= 4 is 39.7 Å². The van der Waals surface area contributed by atoms with Crippen molar-refractivity contribution in [2.45, 2.75) is 38.5 Å². The number of Topliss-reactive ketones (excluding diaryl/α,β-unsaturated/α-hetero) is 1. The number of oxime groups is 1. The van der Waals surface area contributed by atoms with Gasteiger partial charge in [0.2, 0.25) is 5.91 Å². The molecule has 1 heterocycles. The monoisotopic (exact) mass is 426 g/mol. The van der Waals surface area contributed by atoms with Gasteiger partial charge in [-0.2, -0.15) is 0 Å². The van der Waals surface area contributed by atoms with E-state index >= 15 is 0 Å². The van der Waals surface area contributed by atoms with E-state index in [1.807, 2.05) is 24.3 Å². The first-order chi connectivity index (χ1) is 14.4. The van der Waals surface area contributed by atoms with Crippen LogP contribution in [0.1, 0.15) is 63.4 Å². The van der Waals surface area contributed by atoms with Crippen LogP contribution in [0.3, 0.4) is 0 Å². The Morgan fingerprint density at radius 3 is 2.77 bits per heavy atom. The van der Waals surface area contributed by atoms with Gasteiger partial charge in [0, 0.05) is 18.9 Å². The maximum Gasteiger partial charge on any atom is 0.341 e. The number of amides is 1. The van der Waals surface area contributed by atoms with Crippen LogP contribution in [0.2, 0.25) is 0 Å². The lowest BCUT2D eigenvalue weighted by Crippen LogP contribution is -2.38. The lowest BCUT2D eigenvalue weighted by molar-refractivity contribution is -0.114. The fraction of sp³-hybridized carbons (Fsp3) is 0.364. The number of carbonyl (C=O) groups excluding carboxylic acids is 3. The number of esters is 1. The molecule has 1 unspecified atom stereocenters. The Hall–Kier alpha value is -3.00. The molecule has 30 heavy (non-hydrogen) atoms. The minimum atomic E-state index is -0.745. The molecule has 7 nitrogen and oxygen atoms in total. The van der Waals surface area contributed by atoms with Gasteiger partial charge in [-0.15, -0.1) is 11.3 Å². The number of carbonyl (C=O) groups is 3. The van der Waals surface area contributed by atoms with Crippen molar-refractivity contribution in [3.63, 3.8) is 0 Å². The molecule has 4 rings (SSSR count). The smallest absolute Gasteiger partial charge is 0.341 e. The highest BCUT2D eigenvalue weighted by Gasteiger charge is 2.52. The van der Waals surface area contributed by atoms with Gasteiger partial charge in [0.1, 0.15) is 12.1 Å². The Morgan fingerprint density at radius 2 is 2.07 bits per heavy atom. The molecule has 0 saturated carbocycles. The fourth-order valence-electron chi connectivity index (χ4n) is 4.47. The van der Waals surface area contributed by atoms with E-state index in [-0.39, 0.29) is 18.3 Å². The first kappa shape index (κ1) is 20.3. The zero-order chi connectivity index (χ0) is 21.5. The van der Waals surface area contributed by atoms with Crippen LogP contribution in [-0.4, -0.2) is 37.1 Å². The van der Waals surface area contributed by atoms with E-state index in [0.717, 1.165) is 28.2 Å². The summed E-state index contributed by atoms with van der Waals surface area (Å²) in [5, 5.41) is 7.23. The van der Waals surface area contributed by atoms with Gasteiger partial charge in [-0.1, -0.05) is 29.4 Å². The number of benzene rings is 1. The highest BCUT2D eigenvalue weighted by molar-refractivity contribution is 7.19. The van der Waals surface area contributed by atoms with Gasteiger partial charge in [-0.05, 0) is 30.9 Å². The van der Waals surface area contributed by atoms with Crippen molar-refractivity contribution in [1.29, 1.82) is 0 Å². The van der Waals surface area contributed by atoms with Gasteiger partial charge in [0.05, 0.1) is 28.2 Å². The summed E-state index contributed by atoms with van der Waals surface area (Å²) in [6.45, 7) is 3.31. The van der Waals surface area contributed by atoms with Gasteiger partial charge in [0.25, 0.3) is 0 Å². The van der Waals surface area contributed by atoms with E-state index in [0.29, 0.717) is 40.3 Å². The number of rotatable bonds is 4. The second kappa shape index (κ2) is 7.68. The summed E-state index contributed by atoms with van der Waals surface area (Å²) in [7, 11) is 1.49. The highest BCUT2D eigenvalue weighted by Crippen LogP contribution is 2.51.